The summed E-state index contributed by atoms with van der Waals surface area (Å²) in [7, 11) is -1.67. The Labute approximate surface area is 167 Å². The molecule has 0 N–H and O–H groups in total. The molecule has 0 radical (unpaired) electrons. The number of hydrogen-bond donors (Lipinski definition) is 0. The number of nitrogens with zero attached hydrogens (tertiary/aromatic N) is 4. The molecule has 1 aromatic heterocycles. The molecule has 0 aliphatic carbocycles. The van der Waals surface area contributed by atoms with Crippen molar-refractivity contribution in [2.24, 2.45) is 7.05 Å². The van der Waals surface area contributed by atoms with Crippen LogP contribution >= 0.6 is 0 Å². The van der Waals surface area contributed by atoms with Gasteiger partial charge in [-0.2, -0.15) is 4.31 Å². The molecule has 7 nitrogen and oxygen atoms in total. The Bertz CT molecular complexity index is 995. The van der Waals surface area contributed by atoms with E-state index in [4.69, 9.17) is 0 Å². The number of benzene rings is 1. The first-order valence-corrected chi connectivity index (χ1v) is 11.2. The van der Waals surface area contributed by atoms with Crippen molar-refractivity contribution in [3.05, 3.63) is 45.9 Å². The predicted octanol–water partition coefficient (Wildman–Crippen LogP) is 1.93. The molecule has 1 saturated heterocycles. The molecule has 154 valence electrons. The van der Waals surface area contributed by atoms with E-state index >= 15 is 0 Å². The Morgan fingerprint density at radius 2 is 1.61 bits per heavy atom. The lowest BCUT2D eigenvalue weighted by atomic mass is 10.0. The van der Waals surface area contributed by atoms with Gasteiger partial charge in [0.25, 0.3) is 5.56 Å². The van der Waals surface area contributed by atoms with E-state index in [0.717, 1.165) is 30.9 Å². The molecule has 1 fully saturated rings. The lowest BCUT2D eigenvalue weighted by molar-refractivity contribution is 0.196. The molecule has 3 rings (SSSR count). The Morgan fingerprint density at radius 3 is 2.07 bits per heavy atom. The molecule has 0 atom stereocenters. The Hall–Kier alpha value is -1.90. The van der Waals surface area contributed by atoms with E-state index in [1.165, 1.54) is 0 Å². The van der Waals surface area contributed by atoms with Crippen molar-refractivity contribution in [2.45, 2.75) is 38.5 Å². The fourth-order valence-electron chi connectivity index (χ4n) is 3.88. The second-order valence-electron chi connectivity index (χ2n) is 7.63. The first-order valence-electron chi connectivity index (χ1n) is 9.80. The summed E-state index contributed by atoms with van der Waals surface area (Å²) in [5, 5.41) is 0. The van der Waals surface area contributed by atoms with Gasteiger partial charge in [0, 0.05) is 44.5 Å². The van der Waals surface area contributed by atoms with Crippen molar-refractivity contribution in [3.63, 3.8) is 0 Å². The normalized spacial score (nSPS) is 16.8. The largest absolute Gasteiger partial charge is 0.301 e. The van der Waals surface area contributed by atoms with Crippen LogP contribution in [0.4, 0.5) is 0 Å². The van der Waals surface area contributed by atoms with E-state index in [-0.39, 0.29) is 16.4 Å². The van der Waals surface area contributed by atoms with Crippen LogP contribution in [0.15, 0.2) is 34.0 Å². The summed E-state index contributed by atoms with van der Waals surface area (Å²) < 4.78 is 30.9. The third-order valence-electron chi connectivity index (χ3n) is 5.67. The monoisotopic (exact) mass is 406 g/mol. The minimum absolute atomic E-state index is 0.0544. The topological polar surface area (TPSA) is 67.6 Å². The first kappa shape index (κ1) is 20.8. The molecular weight excluding hydrogens is 376 g/mol. The molecule has 2 heterocycles. The first-order chi connectivity index (χ1) is 13.2. The van der Waals surface area contributed by atoms with E-state index in [1.54, 1.807) is 33.3 Å². The van der Waals surface area contributed by atoms with Crippen LogP contribution in [0.5, 0.6) is 0 Å². The molecule has 0 saturated carbocycles. The van der Waals surface area contributed by atoms with Crippen molar-refractivity contribution in [3.8, 4) is 5.69 Å². The fraction of sp³-hybridized carbons (Fsp3) is 0.550. The van der Waals surface area contributed by atoms with Gasteiger partial charge in [-0.25, -0.2) is 13.1 Å². The predicted molar refractivity (Wildman–Crippen MR) is 111 cm³/mol. The molecule has 2 aromatic rings. The molecule has 1 aliphatic rings. The van der Waals surface area contributed by atoms with Crippen LogP contribution in [-0.4, -0.2) is 59.7 Å². The van der Waals surface area contributed by atoms with Gasteiger partial charge in [0.2, 0.25) is 10.0 Å². The van der Waals surface area contributed by atoms with Crippen molar-refractivity contribution in [2.75, 3.05) is 32.7 Å². The van der Waals surface area contributed by atoms with E-state index in [9.17, 15) is 13.2 Å². The minimum atomic E-state index is -3.52. The summed E-state index contributed by atoms with van der Waals surface area (Å²) in [4.78, 5) is 15.4. The lowest BCUT2D eigenvalue weighted by Gasteiger charge is -2.33. The summed E-state index contributed by atoms with van der Waals surface area (Å²) in [6, 6.07) is 6.61. The SMILES string of the molecule is CCN1CCN(S(=O)(=O)c2ccc(-n3c(=O)c(C(C)C)c(C)n3C)cc2)CC1. The molecular formula is C20H30N4O3S. The van der Waals surface area contributed by atoms with Crippen molar-refractivity contribution >= 4 is 10.0 Å². The molecule has 0 spiro atoms. The zero-order valence-corrected chi connectivity index (χ0v) is 18.2. The van der Waals surface area contributed by atoms with Crippen LogP contribution in [0.3, 0.4) is 0 Å². The van der Waals surface area contributed by atoms with Crippen LogP contribution in [0.1, 0.15) is 37.9 Å². The Morgan fingerprint density at radius 1 is 1.04 bits per heavy atom. The van der Waals surface area contributed by atoms with Gasteiger partial charge in [-0.1, -0.05) is 20.8 Å². The Kier molecular flexibility index (Phi) is 5.84. The number of likely N-dealkylation sites (N-methyl/N-ethyl adjacent to an activating group) is 1. The van der Waals surface area contributed by atoms with E-state index in [2.05, 4.69) is 11.8 Å². The number of sulfonamides is 1. The number of rotatable bonds is 5. The van der Waals surface area contributed by atoms with E-state index in [1.807, 2.05) is 32.5 Å². The van der Waals surface area contributed by atoms with Crippen LogP contribution < -0.4 is 5.56 Å². The lowest BCUT2D eigenvalue weighted by Crippen LogP contribution is -2.48. The molecule has 0 unspecified atom stereocenters. The van der Waals surface area contributed by atoms with Gasteiger partial charge in [-0.15, -0.1) is 0 Å². The maximum atomic E-state index is 12.9. The van der Waals surface area contributed by atoms with Gasteiger partial charge in [0.05, 0.1) is 10.6 Å². The van der Waals surface area contributed by atoms with Gasteiger partial charge in [0.1, 0.15) is 0 Å². The average Bonchev–Trinajstić information content (AvgIpc) is 2.90. The van der Waals surface area contributed by atoms with Gasteiger partial charge in [0.15, 0.2) is 0 Å². The van der Waals surface area contributed by atoms with Gasteiger partial charge >= 0.3 is 0 Å². The van der Waals surface area contributed by atoms with Crippen LogP contribution in [0, 0.1) is 6.92 Å². The highest BCUT2D eigenvalue weighted by Gasteiger charge is 2.28. The van der Waals surface area contributed by atoms with Crippen molar-refractivity contribution in [1.82, 2.24) is 18.6 Å². The van der Waals surface area contributed by atoms with Crippen molar-refractivity contribution < 1.29 is 8.42 Å². The van der Waals surface area contributed by atoms with E-state index < -0.39 is 10.0 Å². The second-order valence-corrected chi connectivity index (χ2v) is 9.56. The highest BCUT2D eigenvalue weighted by molar-refractivity contribution is 7.89. The smallest absolute Gasteiger partial charge is 0.275 e. The maximum Gasteiger partial charge on any atom is 0.275 e. The third kappa shape index (κ3) is 3.56. The highest BCUT2D eigenvalue weighted by atomic mass is 32.2. The minimum Gasteiger partial charge on any atom is -0.301 e. The Balaban J connectivity index is 1.91. The summed E-state index contributed by atoms with van der Waals surface area (Å²) in [6.45, 7) is 11.5. The standard InChI is InChI=1S/C20H30N4O3S/c1-6-22-11-13-23(14-12-22)28(26,27)18-9-7-17(8-10-18)24-20(25)19(15(2)3)16(4)21(24)5/h7-10,15H,6,11-14H2,1-5H3. The average molecular weight is 407 g/mol. The molecule has 8 heteroatoms. The summed E-state index contributed by atoms with van der Waals surface area (Å²) in [5.41, 5.74) is 2.32. The van der Waals surface area contributed by atoms with Gasteiger partial charge < -0.3 is 4.90 Å². The van der Waals surface area contributed by atoms with Crippen molar-refractivity contribution in [1.29, 1.82) is 0 Å². The van der Waals surface area contributed by atoms with Crippen LogP contribution in [-0.2, 0) is 17.1 Å². The zero-order chi connectivity index (χ0) is 20.6. The van der Waals surface area contributed by atoms with E-state index in [0.29, 0.717) is 18.8 Å². The van der Waals surface area contributed by atoms with Crippen LogP contribution in [0.25, 0.3) is 5.69 Å². The number of piperazine rings is 1. The summed E-state index contributed by atoms with van der Waals surface area (Å²) in [5.74, 6) is 0.126. The maximum absolute atomic E-state index is 12.9. The molecule has 1 aliphatic heterocycles. The molecule has 0 amide bonds. The second kappa shape index (κ2) is 7.85. The summed E-state index contributed by atoms with van der Waals surface area (Å²) >= 11 is 0. The quantitative estimate of drug-likeness (QED) is 0.761. The highest BCUT2D eigenvalue weighted by Crippen LogP contribution is 2.21. The van der Waals surface area contributed by atoms with Gasteiger partial charge in [-0.05, 0) is 43.7 Å². The number of hydrogen-bond acceptors (Lipinski definition) is 4. The molecule has 1 aromatic carbocycles. The molecule has 0 bridgehead atoms. The zero-order valence-electron chi connectivity index (χ0n) is 17.3. The van der Waals surface area contributed by atoms with Gasteiger partial charge in [-0.3, -0.25) is 9.48 Å². The fourth-order valence-corrected chi connectivity index (χ4v) is 5.30. The molecule has 28 heavy (non-hydrogen) atoms. The number of aromatic nitrogens is 2. The third-order valence-corrected chi connectivity index (χ3v) is 7.59. The van der Waals surface area contributed by atoms with Crippen LogP contribution in [0.2, 0.25) is 0 Å². The summed E-state index contributed by atoms with van der Waals surface area (Å²) in [6.07, 6.45) is 0.